The zero-order valence-electron chi connectivity index (χ0n) is 11.5. The van der Waals surface area contributed by atoms with Gasteiger partial charge in [0, 0.05) is 11.8 Å². The van der Waals surface area contributed by atoms with E-state index >= 15 is 0 Å². The van der Waals surface area contributed by atoms with Crippen LogP contribution < -0.4 is 10.5 Å². The van der Waals surface area contributed by atoms with Gasteiger partial charge in [-0.3, -0.25) is 9.78 Å². The van der Waals surface area contributed by atoms with Crippen molar-refractivity contribution in [2.45, 2.75) is 6.61 Å². The van der Waals surface area contributed by atoms with E-state index in [0.717, 1.165) is 0 Å². The standard InChI is InChI=1S/C15H12N4O3/c16-14(20)10-4-6-11(7-5-10)21-9-13-18-15(19-22-13)12-3-1-2-8-17-12/h1-8H,9H2,(H2,16,20). The molecule has 0 aliphatic carbocycles. The highest BCUT2D eigenvalue weighted by atomic mass is 16.5. The molecule has 3 aromatic rings. The van der Waals surface area contributed by atoms with Crippen molar-refractivity contribution in [2.24, 2.45) is 5.73 Å². The van der Waals surface area contributed by atoms with Crippen LogP contribution in [0, 0.1) is 0 Å². The second-order valence-corrected chi connectivity index (χ2v) is 4.40. The molecule has 0 unspecified atom stereocenters. The zero-order valence-corrected chi connectivity index (χ0v) is 11.5. The van der Waals surface area contributed by atoms with Crippen LogP contribution in [0.15, 0.2) is 53.2 Å². The largest absolute Gasteiger partial charge is 0.484 e. The zero-order chi connectivity index (χ0) is 15.4. The fourth-order valence-corrected chi connectivity index (χ4v) is 1.77. The van der Waals surface area contributed by atoms with Gasteiger partial charge in [0.25, 0.3) is 5.89 Å². The van der Waals surface area contributed by atoms with Gasteiger partial charge in [-0.1, -0.05) is 11.2 Å². The molecule has 1 amide bonds. The predicted molar refractivity (Wildman–Crippen MR) is 76.8 cm³/mol. The molecule has 7 heteroatoms. The van der Waals surface area contributed by atoms with E-state index in [1.165, 1.54) is 0 Å². The molecule has 0 aliphatic rings. The van der Waals surface area contributed by atoms with Crippen LogP contribution in [0.4, 0.5) is 0 Å². The number of amides is 1. The third-order valence-corrected chi connectivity index (χ3v) is 2.86. The van der Waals surface area contributed by atoms with Crippen molar-refractivity contribution >= 4 is 5.91 Å². The van der Waals surface area contributed by atoms with Crippen molar-refractivity contribution in [3.63, 3.8) is 0 Å². The summed E-state index contributed by atoms with van der Waals surface area (Å²) in [5.41, 5.74) is 6.22. The Labute approximate surface area is 125 Å². The minimum absolute atomic E-state index is 0.121. The smallest absolute Gasteiger partial charge is 0.264 e. The number of hydrogen-bond acceptors (Lipinski definition) is 6. The van der Waals surface area contributed by atoms with E-state index in [9.17, 15) is 4.79 Å². The highest BCUT2D eigenvalue weighted by Crippen LogP contribution is 2.15. The molecule has 110 valence electrons. The third-order valence-electron chi connectivity index (χ3n) is 2.86. The first-order valence-corrected chi connectivity index (χ1v) is 6.49. The summed E-state index contributed by atoms with van der Waals surface area (Å²) in [6.45, 7) is 0.121. The van der Waals surface area contributed by atoms with Crippen LogP contribution in [0.5, 0.6) is 5.75 Å². The van der Waals surface area contributed by atoms with Crippen LogP contribution in [-0.2, 0) is 6.61 Å². The molecule has 2 heterocycles. The Kier molecular flexibility index (Phi) is 3.78. The maximum Gasteiger partial charge on any atom is 0.264 e. The SMILES string of the molecule is NC(=O)c1ccc(OCc2nc(-c3ccccn3)no2)cc1. The van der Waals surface area contributed by atoms with Crippen LogP contribution in [0.25, 0.3) is 11.5 Å². The molecule has 0 spiro atoms. The van der Waals surface area contributed by atoms with Gasteiger partial charge < -0.3 is 15.0 Å². The van der Waals surface area contributed by atoms with E-state index in [1.54, 1.807) is 36.5 Å². The number of rotatable bonds is 5. The topological polar surface area (TPSA) is 104 Å². The highest BCUT2D eigenvalue weighted by Gasteiger charge is 2.10. The Morgan fingerprint density at radius 2 is 2.00 bits per heavy atom. The molecule has 0 saturated carbocycles. The molecule has 7 nitrogen and oxygen atoms in total. The first kappa shape index (κ1) is 13.7. The van der Waals surface area contributed by atoms with Crippen molar-refractivity contribution in [3.8, 4) is 17.3 Å². The molecule has 0 fully saturated rings. The first-order valence-electron chi connectivity index (χ1n) is 6.49. The number of pyridine rings is 1. The number of ether oxygens (including phenoxy) is 1. The maximum absolute atomic E-state index is 11.0. The lowest BCUT2D eigenvalue weighted by Crippen LogP contribution is -2.10. The lowest BCUT2D eigenvalue weighted by Gasteiger charge is -2.03. The monoisotopic (exact) mass is 296 g/mol. The number of primary amides is 1. The fourth-order valence-electron chi connectivity index (χ4n) is 1.77. The maximum atomic E-state index is 11.0. The molecule has 2 N–H and O–H groups in total. The molecule has 0 aliphatic heterocycles. The molecule has 0 radical (unpaired) electrons. The molecule has 22 heavy (non-hydrogen) atoms. The summed E-state index contributed by atoms with van der Waals surface area (Å²) in [6.07, 6.45) is 1.65. The van der Waals surface area contributed by atoms with Gasteiger partial charge >= 0.3 is 0 Å². The van der Waals surface area contributed by atoms with Crippen LogP contribution in [0.1, 0.15) is 16.2 Å². The Balaban J connectivity index is 1.65. The molecule has 0 bridgehead atoms. The van der Waals surface area contributed by atoms with Crippen molar-refractivity contribution in [2.75, 3.05) is 0 Å². The molecular weight excluding hydrogens is 284 g/mol. The molecular formula is C15H12N4O3. The second kappa shape index (κ2) is 6.04. The van der Waals surface area contributed by atoms with Gasteiger partial charge in [-0.05, 0) is 36.4 Å². The highest BCUT2D eigenvalue weighted by molar-refractivity contribution is 5.92. The average molecular weight is 296 g/mol. The fraction of sp³-hybridized carbons (Fsp3) is 0.0667. The number of aromatic nitrogens is 3. The first-order chi connectivity index (χ1) is 10.7. The van der Waals surface area contributed by atoms with Gasteiger partial charge in [0.2, 0.25) is 11.7 Å². The quantitative estimate of drug-likeness (QED) is 0.770. The molecule has 2 aromatic heterocycles. The number of nitrogens with zero attached hydrogens (tertiary/aromatic N) is 3. The summed E-state index contributed by atoms with van der Waals surface area (Å²) in [5, 5.41) is 3.85. The van der Waals surface area contributed by atoms with Gasteiger partial charge in [0.1, 0.15) is 11.4 Å². The summed E-state index contributed by atoms with van der Waals surface area (Å²) in [5.74, 6) is 0.828. The number of carbonyl (C=O) groups excluding carboxylic acids is 1. The summed E-state index contributed by atoms with van der Waals surface area (Å²) in [7, 11) is 0. The Bertz CT molecular complexity index is 769. The summed E-state index contributed by atoms with van der Waals surface area (Å²) in [4.78, 5) is 19.3. The Morgan fingerprint density at radius 3 is 2.68 bits per heavy atom. The lowest BCUT2D eigenvalue weighted by molar-refractivity contribution is 0.1000. The van der Waals surface area contributed by atoms with Gasteiger partial charge in [0.15, 0.2) is 6.61 Å². The van der Waals surface area contributed by atoms with Crippen LogP contribution in [0.2, 0.25) is 0 Å². The average Bonchev–Trinajstić information content (AvgIpc) is 3.03. The Hall–Kier alpha value is -3.22. The predicted octanol–water partition coefficient (Wildman–Crippen LogP) is 1.81. The third kappa shape index (κ3) is 3.09. The summed E-state index contributed by atoms with van der Waals surface area (Å²) >= 11 is 0. The van der Waals surface area contributed by atoms with Crippen LogP contribution >= 0.6 is 0 Å². The van der Waals surface area contributed by atoms with E-state index in [2.05, 4.69) is 15.1 Å². The number of benzene rings is 1. The van der Waals surface area contributed by atoms with Crippen LogP contribution in [-0.4, -0.2) is 21.0 Å². The van der Waals surface area contributed by atoms with Gasteiger partial charge in [0.05, 0.1) is 0 Å². The second-order valence-electron chi connectivity index (χ2n) is 4.40. The van der Waals surface area contributed by atoms with Crippen LogP contribution in [0.3, 0.4) is 0 Å². The number of nitrogens with two attached hydrogens (primary N) is 1. The summed E-state index contributed by atoms with van der Waals surface area (Å²) in [6, 6.07) is 11.9. The van der Waals surface area contributed by atoms with E-state index in [0.29, 0.717) is 28.7 Å². The minimum atomic E-state index is -0.483. The molecule has 1 aromatic carbocycles. The van der Waals surface area contributed by atoms with Gasteiger partial charge in [-0.25, -0.2) is 0 Å². The van der Waals surface area contributed by atoms with Crippen molar-refractivity contribution in [1.82, 2.24) is 15.1 Å². The molecule has 0 atom stereocenters. The minimum Gasteiger partial charge on any atom is -0.484 e. The summed E-state index contributed by atoms with van der Waals surface area (Å²) < 4.78 is 10.6. The molecule has 3 rings (SSSR count). The van der Waals surface area contributed by atoms with E-state index in [4.69, 9.17) is 15.0 Å². The van der Waals surface area contributed by atoms with Crippen molar-refractivity contribution in [1.29, 1.82) is 0 Å². The van der Waals surface area contributed by atoms with E-state index < -0.39 is 5.91 Å². The number of carbonyl (C=O) groups is 1. The van der Waals surface area contributed by atoms with Crippen molar-refractivity contribution in [3.05, 3.63) is 60.1 Å². The number of hydrogen-bond donors (Lipinski definition) is 1. The van der Waals surface area contributed by atoms with E-state index in [1.807, 2.05) is 12.1 Å². The lowest BCUT2D eigenvalue weighted by atomic mass is 10.2. The van der Waals surface area contributed by atoms with Gasteiger partial charge in [-0.15, -0.1) is 0 Å². The normalized spacial score (nSPS) is 10.4. The van der Waals surface area contributed by atoms with E-state index in [-0.39, 0.29) is 6.61 Å². The molecule has 0 saturated heterocycles. The Morgan fingerprint density at radius 1 is 1.18 bits per heavy atom. The van der Waals surface area contributed by atoms with Gasteiger partial charge in [-0.2, -0.15) is 4.98 Å². The van der Waals surface area contributed by atoms with Crippen molar-refractivity contribution < 1.29 is 14.1 Å².